The van der Waals surface area contributed by atoms with Crippen molar-refractivity contribution < 1.29 is 19.8 Å². The highest BCUT2D eigenvalue weighted by atomic mass is 32.1. The molecule has 16 heavy (non-hydrogen) atoms. The summed E-state index contributed by atoms with van der Waals surface area (Å²) in [5.74, 6) is -1.40. The molecule has 2 amide bonds. The summed E-state index contributed by atoms with van der Waals surface area (Å²) in [7, 11) is 5.72. The number of hydrogen-bond acceptors (Lipinski definition) is 4. The molecule has 0 rings (SSSR count). The third kappa shape index (κ3) is 5.59. The highest BCUT2D eigenvalue weighted by Gasteiger charge is 2.31. The molecule has 0 bridgehead atoms. The zero-order valence-electron chi connectivity index (χ0n) is 9.76. The van der Waals surface area contributed by atoms with Crippen LogP contribution < -0.4 is 0 Å². The number of rotatable bonds is 3. The van der Waals surface area contributed by atoms with Gasteiger partial charge in [-0.05, 0) is 0 Å². The van der Waals surface area contributed by atoms with Crippen LogP contribution in [0, 0.1) is 0 Å². The van der Waals surface area contributed by atoms with Gasteiger partial charge in [0.25, 0.3) is 11.8 Å². The van der Waals surface area contributed by atoms with Crippen molar-refractivity contribution in [1.29, 1.82) is 0 Å². The molecule has 0 aliphatic carbocycles. The van der Waals surface area contributed by atoms with Crippen molar-refractivity contribution in [2.75, 3.05) is 28.2 Å². The van der Waals surface area contributed by atoms with E-state index in [0.717, 1.165) is 9.80 Å². The van der Waals surface area contributed by atoms with E-state index < -0.39 is 24.0 Å². The first-order valence-corrected chi connectivity index (χ1v) is 4.07. The SMILES string of the molecule is CN(C)C(=O)C(O)C(O)C(=O)N(C)C.S.S. The predicted molar refractivity (Wildman–Crippen MR) is 70.2 cm³/mol. The minimum Gasteiger partial charge on any atom is -0.380 e. The molecule has 0 aromatic rings. The van der Waals surface area contributed by atoms with Gasteiger partial charge in [0, 0.05) is 28.2 Å². The second kappa shape index (κ2) is 8.68. The Bertz CT molecular complexity index is 212. The van der Waals surface area contributed by atoms with Gasteiger partial charge in [0.15, 0.2) is 12.2 Å². The maximum atomic E-state index is 11.2. The lowest BCUT2D eigenvalue weighted by Gasteiger charge is -2.22. The van der Waals surface area contributed by atoms with Crippen LogP contribution in [0.25, 0.3) is 0 Å². The van der Waals surface area contributed by atoms with Crippen LogP contribution in [0.3, 0.4) is 0 Å². The van der Waals surface area contributed by atoms with Crippen molar-refractivity contribution in [1.82, 2.24) is 9.80 Å². The molecule has 0 radical (unpaired) electrons. The summed E-state index contributed by atoms with van der Waals surface area (Å²) in [4.78, 5) is 24.5. The Morgan fingerprint density at radius 3 is 1.12 bits per heavy atom. The standard InChI is InChI=1S/C8H16N2O4.2H2S/c1-9(2)7(13)5(11)6(12)8(14)10(3)4;;/h5-6,11-12H,1-4H3;2*1H2. The van der Waals surface area contributed by atoms with Gasteiger partial charge < -0.3 is 20.0 Å². The molecule has 0 aromatic carbocycles. The van der Waals surface area contributed by atoms with E-state index in [9.17, 15) is 19.8 Å². The minimum atomic E-state index is -1.71. The van der Waals surface area contributed by atoms with Crippen molar-refractivity contribution in [3.63, 3.8) is 0 Å². The van der Waals surface area contributed by atoms with Gasteiger partial charge in [-0.2, -0.15) is 27.0 Å². The molecule has 6 nitrogen and oxygen atoms in total. The van der Waals surface area contributed by atoms with Crippen LogP contribution in [0.5, 0.6) is 0 Å². The molecule has 2 N–H and O–H groups in total. The quantitative estimate of drug-likeness (QED) is 0.629. The molecule has 0 saturated carbocycles. The zero-order valence-corrected chi connectivity index (χ0v) is 11.8. The number of carbonyl (C=O) groups is 2. The van der Waals surface area contributed by atoms with Crippen molar-refractivity contribution >= 4 is 38.8 Å². The van der Waals surface area contributed by atoms with E-state index in [0.29, 0.717) is 0 Å². The Hall–Kier alpha value is -0.440. The molecule has 2 atom stereocenters. The maximum Gasteiger partial charge on any atom is 0.254 e. The van der Waals surface area contributed by atoms with Crippen molar-refractivity contribution in [3.05, 3.63) is 0 Å². The lowest BCUT2D eigenvalue weighted by atomic mass is 10.1. The molecule has 2 unspecified atom stereocenters. The summed E-state index contributed by atoms with van der Waals surface area (Å²) in [5, 5.41) is 18.6. The molecular weight excluding hydrogens is 252 g/mol. The van der Waals surface area contributed by atoms with Gasteiger partial charge in [-0.3, -0.25) is 9.59 Å². The Morgan fingerprint density at radius 1 is 0.812 bits per heavy atom. The van der Waals surface area contributed by atoms with Gasteiger partial charge in [-0.25, -0.2) is 0 Å². The van der Waals surface area contributed by atoms with E-state index >= 15 is 0 Å². The van der Waals surface area contributed by atoms with Gasteiger partial charge in [0.1, 0.15) is 0 Å². The monoisotopic (exact) mass is 272 g/mol. The van der Waals surface area contributed by atoms with Crippen molar-refractivity contribution in [3.8, 4) is 0 Å². The summed E-state index contributed by atoms with van der Waals surface area (Å²) < 4.78 is 0. The maximum absolute atomic E-state index is 11.2. The fourth-order valence-electron chi connectivity index (χ4n) is 0.799. The fraction of sp³-hybridized carbons (Fsp3) is 0.750. The lowest BCUT2D eigenvalue weighted by Crippen LogP contribution is -2.48. The zero-order chi connectivity index (χ0) is 11.5. The van der Waals surface area contributed by atoms with E-state index in [-0.39, 0.29) is 27.0 Å². The van der Waals surface area contributed by atoms with Gasteiger partial charge in [-0.15, -0.1) is 0 Å². The Labute approximate surface area is 109 Å². The third-order valence-corrected chi connectivity index (χ3v) is 1.69. The first-order chi connectivity index (χ1) is 6.29. The van der Waals surface area contributed by atoms with Crippen LogP contribution in [0.4, 0.5) is 0 Å². The van der Waals surface area contributed by atoms with Crippen LogP contribution in [-0.2, 0) is 9.59 Å². The molecule has 8 heteroatoms. The second-order valence-corrected chi connectivity index (χ2v) is 3.36. The topological polar surface area (TPSA) is 81.1 Å². The van der Waals surface area contributed by atoms with Crippen LogP contribution in [-0.4, -0.2) is 72.2 Å². The third-order valence-electron chi connectivity index (χ3n) is 1.69. The number of aliphatic hydroxyl groups is 2. The molecule has 0 fully saturated rings. The molecular formula is C8H20N2O4S2. The molecule has 0 aromatic heterocycles. The van der Waals surface area contributed by atoms with Gasteiger partial charge >= 0.3 is 0 Å². The minimum absolute atomic E-state index is 0. The summed E-state index contributed by atoms with van der Waals surface area (Å²) >= 11 is 0. The molecule has 0 aliphatic heterocycles. The van der Waals surface area contributed by atoms with Crippen LogP contribution >= 0.6 is 27.0 Å². The van der Waals surface area contributed by atoms with Crippen molar-refractivity contribution in [2.24, 2.45) is 0 Å². The van der Waals surface area contributed by atoms with E-state index in [4.69, 9.17) is 0 Å². The van der Waals surface area contributed by atoms with E-state index in [1.54, 1.807) is 0 Å². The highest BCUT2D eigenvalue weighted by Crippen LogP contribution is 2.00. The number of amides is 2. The molecule has 0 heterocycles. The number of hydrogen-bond donors (Lipinski definition) is 2. The number of aliphatic hydroxyl groups excluding tert-OH is 2. The molecule has 98 valence electrons. The van der Waals surface area contributed by atoms with E-state index in [2.05, 4.69) is 0 Å². The van der Waals surface area contributed by atoms with E-state index in [1.807, 2.05) is 0 Å². The first-order valence-electron chi connectivity index (χ1n) is 4.07. The van der Waals surface area contributed by atoms with Crippen molar-refractivity contribution in [2.45, 2.75) is 12.2 Å². The summed E-state index contributed by atoms with van der Waals surface area (Å²) in [6, 6.07) is 0. The average Bonchev–Trinajstić information content (AvgIpc) is 2.12. The molecule has 0 aliphatic rings. The number of nitrogens with zero attached hydrogens (tertiary/aromatic N) is 2. The van der Waals surface area contributed by atoms with Gasteiger partial charge in [0.2, 0.25) is 0 Å². The number of likely N-dealkylation sites (N-methyl/N-ethyl adjacent to an activating group) is 2. The summed E-state index contributed by atoms with van der Waals surface area (Å²) in [5.41, 5.74) is 0. The fourth-order valence-corrected chi connectivity index (χ4v) is 0.799. The smallest absolute Gasteiger partial charge is 0.254 e. The molecule has 0 spiro atoms. The van der Waals surface area contributed by atoms with Gasteiger partial charge in [-0.1, -0.05) is 0 Å². The van der Waals surface area contributed by atoms with Crippen LogP contribution in [0.2, 0.25) is 0 Å². The average molecular weight is 272 g/mol. The van der Waals surface area contributed by atoms with Crippen LogP contribution in [0.1, 0.15) is 0 Å². The highest BCUT2D eigenvalue weighted by molar-refractivity contribution is 7.59. The summed E-state index contributed by atoms with van der Waals surface area (Å²) in [6.07, 6.45) is -3.42. The second-order valence-electron chi connectivity index (χ2n) is 3.36. The Morgan fingerprint density at radius 2 is 1.00 bits per heavy atom. The predicted octanol–water partition coefficient (Wildman–Crippen LogP) is -1.89. The van der Waals surface area contributed by atoms with Crippen LogP contribution in [0.15, 0.2) is 0 Å². The first kappa shape index (κ1) is 20.9. The van der Waals surface area contributed by atoms with Gasteiger partial charge in [0.05, 0.1) is 0 Å². The lowest BCUT2D eigenvalue weighted by molar-refractivity contribution is -0.155. The largest absolute Gasteiger partial charge is 0.380 e. The summed E-state index contributed by atoms with van der Waals surface area (Å²) in [6.45, 7) is 0. The van der Waals surface area contributed by atoms with E-state index in [1.165, 1.54) is 28.2 Å². The Balaban J connectivity index is -0.000000845. The number of carbonyl (C=O) groups excluding carboxylic acids is 2. The Kier molecular flexibility index (Phi) is 11.3. The molecule has 0 saturated heterocycles. The normalized spacial score (nSPS) is 12.6.